The van der Waals surface area contributed by atoms with E-state index in [0.29, 0.717) is 18.2 Å². The molecule has 182 valence electrons. The Hall–Kier alpha value is -2.96. The molecule has 0 radical (unpaired) electrons. The van der Waals surface area contributed by atoms with E-state index in [0.717, 1.165) is 42.8 Å². The van der Waals surface area contributed by atoms with Crippen molar-refractivity contribution in [1.82, 2.24) is 4.90 Å². The van der Waals surface area contributed by atoms with Gasteiger partial charge in [-0.15, -0.1) is 11.3 Å². The zero-order valence-corrected chi connectivity index (χ0v) is 20.8. The second-order valence-corrected chi connectivity index (χ2v) is 10.7. The standard InChI is InChI=1S/C29H32N2O3S/c32-27-20-30(17-16-21-10-4-1-5-11-21)19-25(22-12-6-2-7-13-22)31(27)24-18-26(35-28(24)29(33)34)23-14-8-3-9-15-23/h1,3-5,8-11,14-15,18,22,25H,2,6-7,12-13,16-17,19-20H2,(H,33,34)/t25-/m0/s1. The molecule has 1 aliphatic carbocycles. The maximum Gasteiger partial charge on any atom is 0.348 e. The Morgan fingerprint density at radius 2 is 1.66 bits per heavy atom. The topological polar surface area (TPSA) is 60.9 Å². The first-order valence-corrected chi connectivity index (χ1v) is 13.4. The Kier molecular flexibility index (Phi) is 7.30. The SMILES string of the molecule is O=C(O)c1sc(-c2ccccc2)cc1N1C(=O)CN(CCc2ccccc2)C[C@H]1C1CCCCC1. The highest BCUT2D eigenvalue weighted by Gasteiger charge is 2.40. The van der Waals surface area contributed by atoms with Crippen molar-refractivity contribution in [3.63, 3.8) is 0 Å². The summed E-state index contributed by atoms with van der Waals surface area (Å²) in [7, 11) is 0. The lowest BCUT2D eigenvalue weighted by atomic mass is 9.82. The molecule has 1 amide bonds. The fourth-order valence-electron chi connectivity index (χ4n) is 5.62. The number of hydrogen-bond acceptors (Lipinski definition) is 4. The molecule has 6 heteroatoms. The number of carboxylic acid groups (broad SMARTS) is 1. The van der Waals surface area contributed by atoms with Gasteiger partial charge in [0.25, 0.3) is 0 Å². The quantitative estimate of drug-likeness (QED) is 0.446. The number of thiophene rings is 1. The van der Waals surface area contributed by atoms with E-state index in [-0.39, 0.29) is 16.8 Å². The molecule has 1 N–H and O–H groups in total. The van der Waals surface area contributed by atoms with Crippen LogP contribution in [0.25, 0.3) is 10.4 Å². The van der Waals surface area contributed by atoms with Crippen molar-refractivity contribution in [3.05, 3.63) is 77.2 Å². The number of carbonyl (C=O) groups excluding carboxylic acids is 1. The van der Waals surface area contributed by atoms with E-state index in [2.05, 4.69) is 29.2 Å². The van der Waals surface area contributed by atoms with Crippen LogP contribution in [0.2, 0.25) is 0 Å². The van der Waals surface area contributed by atoms with Crippen molar-refractivity contribution in [2.75, 3.05) is 24.5 Å². The molecular formula is C29H32N2O3S. The van der Waals surface area contributed by atoms with Gasteiger partial charge in [0.1, 0.15) is 4.88 Å². The molecule has 1 aliphatic heterocycles. The van der Waals surface area contributed by atoms with Crippen molar-refractivity contribution < 1.29 is 14.7 Å². The number of carbonyl (C=O) groups is 2. The number of nitrogens with zero attached hydrogens (tertiary/aromatic N) is 2. The van der Waals surface area contributed by atoms with Crippen LogP contribution in [0.15, 0.2) is 66.7 Å². The fourth-order valence-corrected chi connectivity index (χ4v) is 6.61. The molecule has 35 heavy (non-hydrogen) atoms. The number of piperazine rings is 1. The Morgan fingerprint density at radius 1 is 0.971 bits per heavy atom. The highest BCUT2D eigenvalue weighted by atomic mass is 32.1. The predicted molar refractivity (Wildman–Crippen MR) is 141 cm³/mol. The molecule has 5 nitrogen and oxygen atoms in total. The predicted octanol–water partition coefficient (Wildman–Crippen LogP) is 5.95. The molecule has 1 saturated carbocycles. The van der Waals surface area contributed by atoms with Crippen LogP contribution in [0.5, 0.6) is 0 Å². The molecule has 5 rings (SSSR count). The summed E-state index contributed by atoms with van der Waals surface area (Å²) in [6, 6.07) is 22.2. The molecule has 0 bridgehead atoms. The summed E-state index contributed by atoms with van der Waals surface area (Å²) in [5, 5.41) is 10.1. The van der Waals surface area contributed by atoms with E-state index >= 15 is 0 Å². The van der Waals surface area contributed by atoms with Crippen molar-refractivity contribution >= 4 is 28.9 Å². The summed E-state index contributed by atoms with van der Waals surface area (Å²) in [5.41, 5.74) is 2.83. The lowest BCUT2D eigenvalue weighted by molar-refractivity contribution is -0.122. The van der Waals surface area contributed by atoms with E-state index in [1.165, 1.54) is 36.2 Å². The molecule has 1 saturated heterocycles. The lowest BCUT2D eigenvalue weighted by Crippen LogP contribution is -2.60. The molecule has 0 spiro atoms. The Morgan fingerprint density at radius 3 is 2.34 bits per heavy atom. The van der Waals surface area contributed by atoms with Crippen molar-refractivity contribution in [2.45, 2.75) is 44.6 Å². The van der Waals surface area contributed by atoms with Gasteiger partial charge in [-0.05, 0) is 42.4 Å². The van der Waals surface area contributed by atoms with Crippen LogP contribution < -0.4 is 4.90 Å². The van der Waals surface area contributed by atoms with Gasteiger partial charge >= 0.3 is 5.97 Å². The molecule has 3 aromatic rings. The maximum absolute atomic E-state index is 13.7. The van der Waals surface area contributed by atoms with E-state index in [1.54, 1.807) is 0 Å². The zero-order valence-electron chi connectivity index (χ0n) is 19.9. The fraction of sp³-hybridized carbons (Fsp3) is 0.379. The van der Waals surface area contributed by atoms with Crippen molar-refractivity contribution in [3.8, 4) is 10.4 Å². The van der Waals surface area contributed by atoms with E-state index < -0.39 is 5.97 Å². The molecule has 1 atom stereocenters. The first kappa shape index (κ1) is 23.8. The van der Waals surface area contributed by atoms with Gasteiger partial charge in [0.2, 0.25) is 5.91 Å². The first-order valence-electron chi connectivity index (χ1n) is 12.6. The van der Waals surface area contributed by atoms with Gasteiger partial charge in [-0.2, -0.15) is 0 Å². The third-order valence-electron chi connectivity index (χ3n) is 7.38. The Balaban J connectivity index is 1.45. The highest BCUT2D eigenvalue weighted by molar-refractivity contribution is 7.18. The number of carboxylic acids is 1. The summed E-state index contributed by atoms with van der Waals surface area (Å²) in [5.74, 6) is -0.553. The number of anilines is 1. The maximum atomic E-state index is 13.7. The second-order valence-electron chi connectivity index (χ2n) is 9.70. The van der Waals surface area contributed by atoms with Gasteiger partial charge in [-0.25, -0.2) is 4.79 Å². The van der Waals surface area contributed by atoms with Crippen molar-refractivity contribution in [1.29, 1.82) is 0 Å². The number of amides is 1. The number of hydrogen-bond donors (Lipinski definition) is 1. The molecule has 2 fully saturated rings. The summed E-state index contributed by atoms with van der Waals surface area (Å²) in [6.45, 7) is 1.95. The average Bonchev–Trinajstić information content (AvgIpc) is 3.34. The molecule has 0 unspecified atom stereocenters. The van der Waals surface area contributed by atoms with Crippen LogP contribution in [0.3, 0.4) is 0 Å². The summed E-state index contributed by atoms with van der Waals surface area (Å²) < 4.78 is 0. The molecule has 2 aliphatic rings. The minimum atomic E-state index is -0.964. The van der Waals surface area contributed by atoms with Crippen LogP contribution >= 0.6 is 11.3 Å². The van der Waals surface area contributed by atoms with E-state index in [9.17, 15) is 14.7 Å². The van der Waals surface area contributed by atoms with Gasteiger partial charge in [0, 0.05) is 18.0 Å². The normalized spacial score (nSPS) is 19.7. The lowest BCUT2D eigenvalue weighted by Gasteiger charge is -2.45. The first-order chi connectivity index (χ1) is 17.1. The van der Waals surface area contributed by atoms with Gasteiger partial charge in [-0.1, -0.05) is 79.9 Å². The minimum Gasteiger partial charge on any atom is -0.477 e. The molecule has 1 aromatic heterocycles. The highest BCUT2D eigenvalue weighted by Crippen LogP contribution is 2.41. The molecule has 2 heterocycles. The van der Waals surface area contributed by atoms with Gasteiger partial charge in [0.15, 0.2) is 0 Å². The Labute approximate surface area is 211 Å². The number of aromatic carboxylic acids is 1. The van der Waals surface area contributed by atoms with Crippen LogP contribution in [0.1, 0.15) is 47.3 Å². The van der Waals surface area contributed by atoms with Crippen LogP contribution in [-0.4, -0.2) is 47.6 Å². The van der Waals surface area contributed by atoms with Gasteiger partial charge in [-0.3, -0.25) is 9.69 Å². The summed E-state index contributed by atoms with van der Waals surface area (Å²) in [4.78, 5) is 31.3. The van der Waals surface area contributed by atoms with Gasteiger partial charge in [0.05, 0.1) is 18.3 Å². The van der Waals surface area contributed by atoms with E-state index in [4.69, 9.17) is 0 Å². The summed E-state index contributed by atoms with van der Waals surface area (Å²) in [6.07, 6.45) is 6.70. The second kappa shape index (κ2) is 10.8. The Bertz CT molecular complexity index is 1160. The third-order valence-corrected chi connectivity index (χ3v) is 8.54. The molecule has 2 aromatic carbocycles. The minimum absolute atomic E-state index is 0.00338. The number of benzene rings is 2. The zero-order chi connectivity index (χ0) is 24.2. The summed E-state index contributed by atoms with van der Waals surface area (Å²) >= 11 is 1.27. The van der Waals surface area contributed by atoms with Crippen LogP contribution in [0, 0.1) is 5.92 Å². The molecular weight excluding hydrogens is 456 g/mol. The largest absolute Gasteiger partial charge is 0.477 e. The van der Waals surface area contributed by atoms with Crippen LogP contribution in [0.4, 0.5) is 5.69 Å². The van der Waals surface area contributed by atoms with Gasteiger partial charge < -0.3 is 10.0 Å². The smallest absolute Gasteiger partial charge is 0.348 e. The number of rotatable bonds is 7. The van der Waals surface area contributed by atoms with Crippen molar-refractivity contribution in [2.24, 2.45) is 5.92 Å². The monoisotopic (exact) mass is 488 g/mol. The van der Waals surface area contributed by atoms with E-state index in [1.807, 2.05) is 47.4 Å². The third kappa shape index (κ3) is 5.34. The van der Waals surface area contributed by atoms with Crippen LogP contribution in [-0.2, 0) is 11.2 Å². The average molecular weight is 489 g/mol.